The Morgan fingerprint density at radius 3 is 0.750 bits per heavy atom. The number of nitrogens with zero attached hydrogens (tertiary/aromatic N) is 12. The normalized spacial score (nSPS) is 13.1. The van der Waals surface area contributed by atoms with Crippen LogP contribution >= 0.6 is 0 Å². The van der Waals surface area contributed by atoms with Gasteiger partial charge in [-0.15, -0.1) is 0 Å². The molecule has 0 unspecified atom stereocenters. The van der Waals surface area contributed by atoms with Crippen LogP contribution in [0.25, 0.3) is 0 Å². The fourth-order valence-corrected chi connectivity index (χ4v) is 8.02. The van der Waals surface area contributed by atoms with E-state index in [1.165, 1.54) is 0 Å². The molecule has 0 saturated heterocycles. The predicted octanol–water partition coefficient (Wildman–Crippen LogP) is 7.79. The SMILES string of the molecule is Cc1cc(C(C)C)nn1[BH-](n1nc(C(C)C)cc1C)n1nc(C(C)(C)C(C)(C)c2cc(C)n([BH-](n3nc(C(C)C)cc3C)n3nc(C(C)C)cc3C)n2)cc1C. The molecule has 6 aromatic rings. The summed E-state index contributed by atoms with van der Waals surface area (Å²) in [5, 5.41) is 31.8. The van der Waals surface area contributed by atoms with Crippen molar-refractivity contribution >= 4 is 14.2 Å². The summed E-state index contributed by atoms with van der Waals surface area (Å²) in [5.41, 5.74) is 12.0. The van der Waals surface area contributed by atoms with E-state index in [0.29, 0.717) is 23.7 Å². The maximum absolute atomic E-state index is 5.51. The average Bonchev–Trinajstić information content (AvgIpc) is 3.96. The molecule has 0 radical (unpaired) electrons. The van der Waals surface area contributed by atoms with Gasteiger partial charge in [-0.1, -0.05) is 83.1 Å². The molecule has 0 N–H and O–H groups in total. The van der Waals surface area contributed by atoms with Gasteiger partial charge >= 0.3 is 14.2 Å². The van der Waals surface area contributed by atoms with Crippen LogP contribution in [0.5, 0.6) is 0 Å². The highest BCUT2D eigenvalue weighted by molar-refractivity contribution is 6.53. The summed E-state index contributed by atoms with van der Waals surface area (Å²) in [5.74, 6) is 1.23. The van der Waals surface area contributed by atoms with Crippen molar-refractivity contribution in [3.05, 3.63) is 105 Å². The van der Waals surface area contributed by atoms with Crippen molar-refractivity contribution in [1.82, 2.24) is 58.1 Å². The van der Waals surface area contributed by atoms with Gasteiger partial charge < -0.3 is 27.6 Å². The van der Waals surface area contributed by atoms with E-state index in [0.717, 1.165) is 68.3 Å². The Morgan fingerprint density at radius 1 is 0.357 bits per heavy atom. The van der Waals surface area contributed by atoms with Gasteiger partial charge in [0.2, 0.25) is 0 Å². The van der Waals surface area contributed by atoms with Gasteiger partial charge in [-0.3, -0.25) is 0 Å². The predicted molar refractivity (Wildman–Crippen MR) is 231 cm³/mol. The Hall–Kier alpha value is -4.61. The van der Waals surface area contributed by atoms with Gasteiger partial charge in [-0.05, 0) is 136 Å². The average molecular weight is 761 g/mol. The molecule has 6 heterocycles. The van der Waals surface area contributed by atoms with Crippen molar-refractivity contribution in [2.45, 2.75) is 159 Å². The van der Waals surface area contributed by atoms with Crippen LogP contribution in [0.1, 0.15) is 175 Å². The fraction of sp³-hybridized carbons (Fsp3) is 0.571. The molecule has 0 amide bonds. The highest BCUT2D eigenvalue weighted by Gasteiger charge is 2.44. The Bertz CT molecular complexity index is 2070. The lowest BCUT2D eigenvalue weighted by Gasteiger charge is -2.40. The maximum Gasteiger partial charge on any atom is 0.326 e. The molecule has 0 aromatic carbocycles. The van der Waals surface area contributed by atoms with Crippen molar-refractivity contribution in [3.63, 3.8) is 0 Å². The van der Waals surface area contributed by atoms with Gasteiger partial charge in [0.15, 0.2) is 0 Å². The third-order valence-electron chi connectivity index (χ3n) is 12.8. The van der Waals surface area contributed by atoms with E-state index in [1.54, 1.807) is 0 Å². The third kappa shape index (κ3) is 7.02. The standard InChI is InChI=1S/C42H66B2N12/c1-25(2)35-19-29(9)51(45-35)43(52-30(10)20-36(46-52)26(3)4)55-33(13)23-39(49-55)41(15,16)42(17,18)40-24-34(14)56(50-40)44(53-31(11)21-37(47-53)27(5)6)54-32(12)22-38(48-54)28(7)8/h19-28,43-44H,1-18H3/q-2. The minimum atomic E-state index is -1.59. The van der Waals surface area contributed by atoms with Crippen molar-refractivity contribution in [2.75, 3.05) is 0 Å². The van der Waals surface area contributed by atoms with Crippen LogP contribution in [0.15, 0.2) is 36.4 Å². The third-order valence-corrected chi connectivity index (χ3v) is 12.8. The summed E-state index contributed by atoms with van der Waals surface area (Å²) >= 11 is 0. The van der Waals surface area contributed by atoms with E-state index in [2.05, 4.69) is 189 Å². The summed E-state index contributed by atoms with van der Waals surface area (Å²) in [4.78, 5) is 0. The van der Waals surface area contributed by atoms with Crippen molar-refractivity contribution < 1.29 is 0 Å². The molecule has 6 aromatic heterocycles. The molecule has 0 aliphatic carbocycles. The summed E-state index contributed by atoms with van der Waals surface area (Å²) in [6, 6.07) is 13.3. The smallest absolute Gasteiger partial charge is 0.326 e. The molecule has 302 valence electrons. The zero-order chi connectivity index (χ0) is 41.3. The molecule has 0 bridgehead atoms. The highest BCUT2D eigenvalue weighted by atomic mass is 15.5. The Morgan fingerprint density at radius 2 is 0.554 bits per heavy atom. The molecule has 0 fully saturated rings. The number of aryl methyl sites for hydroxylation is 6. The van der Waals surface area contributed by atoms with Crippen molar-refractivity contribution in [3.8, 4) is 0 Å². The molecule has 0 saturated carbocycles. The van der Waals surface area contributed by atoms with Crippen LogP contribution < -0.4 is 0 Å². The van der Waals surface area contributed by atoms with Crippen LogP contribution in [-0.2, 0) is 10.8 Å². The van der Waals surface area contributed by atoms with E-state index in [4.69, 9.17) is 30.6 Å². The van der Waals surface area contributed by atoms with Gasteiger partial charge in [-0.2, -0.15) is 0 Å². The number of rotatable bonds is 13. The molecule has 56 heavy (non-hydrogen) atoms. The lowest BCUT2D eigenvalue weighted by Crippen LogP contribution is -2.47. The molecule has 12 nitrogen and oxygen atoms in total. The molecular weight excluding hydrogens is 694 g/mol. The topological polar surface area (TPSA) is 107 Å². The van der Waals surface area contributed by atoms with E-state index in [1.807, 2.05) is 0 Å². The molecule has 0 aliphatic rings. The van der Waals surface area contributed by atoms with Crippen LogP contribution in [0, 0.1) is 41.5 Å². The van der Waals surface area contributed by atoms with Gasteiger partial charge in [0.25, 0.3) is 0 Å². The second kappa shape index (κ2) is 14.7. The molecular formula is C42H66B2N12-2. The number of hydrogen-bond donors (Lipinski definition) is 0. The van der Waals surface area contributed by atoms with E-state index in [-0.39, 0.29) is 0 Å². The quantitative estimate of drug-likeness (QED) is 0.111. The second-order valence-corrected chi connectivity index (χ2v) is 18.9. The summed E-state index contributed by atoms with van der Waals surface area (Å²) < 4.78 is 13.0. The van der Waals surface area contributed by atoms with Gasteiger partial charge in [0.1, 0.15) is 0 Å². The Balaban J connectivity index is 1.47. The monoisotopic (exact) mass is 761 g/mol. The van der Waals surface area contributed by atoms with Gasteiger partial charge in [0.05, 0.1) is 34.2 Å². The van der Waals surface area contributed by atoms with Crippen LogP contribution in [0.4, 0.5) is 0 Å². The molecule has 0 aliphatic heterocycles. The van der Waals surface area contributed by atoms with Gasteiger partial charge in [0, 0.05) is 10.8 Å². The first kappa shape index (κ1) is 41.0. The van der Waals surface area contributed by atoms with Crippen LogP contribution in [0.2, 0.25) is 0 Å². The van der Waals surface area contributed by atoms with Crippen molar-refractivity contribution in [2.24, 2.45) is 0 Å². The largest absolute Gasteiger partial charge is 0.400 e. The van der Waals surface area contributed by atoms with E-state index < -0.39 is 25.1 Å². The van der Waals surface area contributed by atoms with Gasteiger partial charge in [-0.25, -0.2) is 30.6 Å². The first-order valence-electron chi connectivity index (χ1n) is 20.8. The molecule has 6 rings (SSSR count). The first-order chi connectivity index (χ1) is 26.0. The Labute approximate surface area is 335 Å². The number of aromatic nitrogens is 12. The molecule has 0 atom stereocenters. The summed E-state index contributed by atoms with van der Waals surface area (Å²) in [6.07, 6.45) is 0. The van der Waals surface area contributed by atoms with Crippen molar-refractivity contribution in [1.29, 1.82) is 0 Å². The lowest BCUT2D eigenvalue weighted by atomic mass is 9.64. The first-order valence-corrected chi connectivity index (χ1v) is 20.8. The van der Waals surface area contributed by atoms with Crippen LogP contribution in [0.3, 0.4) is 0 Å². The Kier molecular flexibility index (Phi) is 10.8. The molecule has 14 heteroatoms. The van der Waals surface area contributed by atoms with E-state index in [9.17, 15) is 0 Å². The minimum Gasteiger partial charge on any atom is -0.400 e. The summed E-state index contributed by atoms with van der Waals surface area (Å²) in [6.45, 7) is 39.6. The minimum absolute atomic E-state index is 0.308. The van der Waals surface area contributed by atoms with Crippen LogP contribution in [-0.4, -0.2) is 72.4 Å². The lowest BCUT2D eigenvalue weighted by molar-refractivity contribution is 0.286. The fourth-order valence-electron chi connectivity index (χ4n) is 8.02. The molecule has 0 spiro atoms. The zero-order valence-corrected chi connectivity index (χ0v) is 37.6. The zero-order valence-electron chi connectivity index (χ0n) is 37.6. The summed E-state index contributed by atoms with van der Waals surface area (Å²) in [7, 11) is -3.17. The number of hydrogen-bond acceptors (Lipinski definition) is 6. The highest BCUT2D eigenvalue weighted by Crippen LogP contribution is 2.43. The van der Waals surface area contributed by atoms with E-state index >= 15 is 0 Å². The maximum atomic E-state index is 5.51. The second-order valence-electron chi connectivity index (χ2n) is 18.9.